The van der Waals surface area contributed by atoms with Crippen LogP contribution in [-0.2, 0) is 11.8 Å². The summed E-state index contributed by atoms with van der Waals surface area (Å²) in [6.07, 6.45) is 15.9. The molecule has 2 heterocycles. The second kappa shape index (κ2) is 7.23. The van der Waals surface area contributed by atoms with Crippen LogP contribution in [0, 0.1) is 17.8 Å². The van der Waals surface area contributed by atoms with Crippen LogP contribution < -0.4 is 5.73 Å². The van der Waals surface area contributed by atoms with Gasteiger partial charge in [0, 0.05) is 28.9 Å². The van der Waals surface area contributed by atoms with Gasteiger partial charge in [0.05, 0.1) is 5.69 Å². The second-order valence-electron chi connectivity index (χ2n) is 10.4. The van der Waals surface area contributed by atoms with Gasteiger partial charge in [-0.2, -0.15) is 0 Å². The van der Waals surface area contributed by atoms with Crippen molar-refractivity contribution in [2.45, 2.75) is 63.2 Å². The Morgan fingerprint density at radius 3 is 2.43 bits per heavy atom. The van der Waals surface area contributed by atoms with E-state index >= 15 is 0 Å². The van der Waals surface area contributed by atoms with Crippen LogP contribution >= 0.6 is 0 Å². The maximum absolute atomic E-state index is 5.81. The number of benzene rings is 1. The number of hydrogen-bond acceptors (Lipinski definition) is 2. The molecule has 7 rings (SSSR count). The number of hydrogen-bond donors (Lipinski definition) is 2. The van der Waals surface area contributed by atoms with Gasteiger partial charge >= 0.3 is 0 Å². The van der Waals surface area contributed by atoms with E-state index in [1.54, 1.807) is 5.56 Å². The van der Waals surface area contributed by atoms with Gasteiger partial charge in [0.25, 0.3) is 0 Å². The monoisotopic (exact) mass is 399 g/mol. The Bertz CT molecular complexity index is 1010. The average molecular weight is 400 g/mol. The van der Waals surface area contributed by atoms with Crippen LogP contribution in [0.4, 0.5) is 0 Å². The van der Waals surface area contributed by atoms with Crippen molar-refractivity contribution in [1.29, 1.82) is 0 Å². The molecule has 4 bridgehead atoms. The van der Waals surface area contributed by atoms with Crippen molar-refractivity contribution in [3.05, 3.63) is 53.9 Å². The summed E-state index contributed by atoms with van der Waals surface area (Å²) in [6.45, 7) is 0.767. The Morgan fingerprint density at radius 2 is 1.77 bits per heavy atom. The van der Waals surface area contributed by atoms with E-state index in [9.17, 15) is 0 Å². The molecule has 156 valence electrons. The van der Waals surface area contributed by atoms with Crippen LogP contribution in [0.5, 0.6) is 0 Å². The number of rotatable bonds is 6. The van der Waals surface area contributed by atoms with E-state index < -0.39 is 0 Å². The van der Waals surface area contributed by atoms with E-state index in [1.807, 2.05) is 18.5 Å². The van der Waals surface area contributed by atoms with Crippen molar-refractivity contribution < 1.29 is 0 Å². The third-order valence-corrected chi connectivity index (χ3v) is 8.39. The number of aromatic nitrogens is 2. The molecule has 0 radical (unpaired) electrons. The van der Waals surface area contributed by atoms with Gasteiger partial charge in [-0.1, -0.05) is 6.07 Å². The number of fused-ring (bicyclic) bond motifs is 1. The predicted molar refractivity (Wildman–Crippen MR) is 123 cm³/mol. The molecule has 4 aliphatic rings. The Kier molecular flexibility index (Phi) is 4.49. The molecule has 30 heavy (non-hydrogen) atoms. The normalized spacial score (nSPS) is 29.7. The number of H-pyrrole nitrogens is 1. The van der Waals surface area contributed by atoms with Crippen LogP contribution in [0.2, 0.25) is 0 Å². The summed E-state index contributed by atoms with van der Waals surface area (Å²) in [5, 5.41) is 1.43. The SMILES string of the molecule is NCCCCc1c(-c2cccnc2)[nH]c2ccc(C34CC5CC(CC(C5)C3)C4)cc12. The largest absolute Gasteiger partial charge is 0.354 e. The summed E-state index contributed by atoms with van der Waals surface area (Å²) in [5.74, 6) is 2.94. The van der Waals surface area contributed by atoms with Crippen LogP contribution in [-0.4, -0.2) is 16.5 Å². The van der Waals surface area contributed by atoms with E-state index in [-0.39, 0.29) is 0 Å². The van der Waals surface area contributed by atoms with E-state index in [0.29, 0.717) is 5.41 Å². The van der Waals surface area contributed by atoms with E-state index in [4.69, 9.17) is 5.73 Å². The molecule has 2 aromatic heterocycles. The number of nitrogens with one attached hydrogen (secondary N) is 1. The van der Waals surface area contributed by atoms with Crippen molar-refractivity contribution in [2.24, 2.45) is 23.5 Å². The molecule has 0 saturated heterocycles. The fourth-order valence-electron chi connectivity index (χ4n) is 7.50. The van der Waals surface area contributed by atoms with Gasteiger partial charge in [-0.05, 0) is 123 Å². The summed E-state index contributed by atoms with van der Waals surface area (Å²) in [4.78, 5) is 8.11. The molecule has 3 nitrogen and oxygen atoms in total. The Labute approximate surface area is 179 Å². The highest BCUT2D eigenvalue weighted by Crippen LogP contribution is 2.61. The van der Waals surface area contributed by atoms with E-state index in [1.165, 1.54) is 66.2 Å². The van der Waals surface area contributed by atoms with Gasteiger partial charge in [0.1, 0.15) is 0 Å². The van der Waals surface area contributed by atoms with E-state index in [0.717, 1.165) is 43.6 Å². The predicted octanol–water partition coefficient (Wildman–Crippen LogP) is 5.98. The molecular formula is C27H33N3. The minimum absolute atomic E-state index is 0.448. The van der Waals surface area contributed by atoms with Crippen molar-refractivity contribution in [3.63, 3.8) is 0 Å². The molecule has 3 heteroatoms. The number of nitrogens with zero attached hydrogens (tertiary/aromatic N) is 1. The second-order valence-corrected chi connectivity index (χ2v) is 10.4. The van der Waals surface area contributed by atoms with E-state index in [2.05, 4.69) is 34.2 Å². The van der Waals surface area contributed by atoms with Crippen LogP contribution in [0.3, 0.4) is 0 Å². The first kappa shape index (κ1) is 18.6. The summed E-state index contributed by atoms with van der Waals surface area (Å²) in [7, 11) is 0. The molecule has 4 aliphatic carbocycles. The summed E-state index contributed by atoms with van der Waals surface area (Å²) in [6, 6.07) is 11.6. The van der Waals surface area contributed by atoms with Gasteiger partial charge in [-0.25, -0.2) is 0 Å². The molecule has 4 saturated carbocycles. The van der Waals surface area contributed by atoms with Crippen molar-refractivity contribution in [3.8, 4) is 11.3 Å². The summed E-state index contributed by atoms with van der Waals surface area (Å²) < 4.78 is 0. The molecule has 0 aliphatic heterocycles. The summed E-state index contributed by atoms with van der Waals surface area (Å²) in [5.41, 5.74) is 13.0. The Hall–Kier alpha value is -2.13. The number of aryl methyl sites for hydroxylation is 1. The maximum atomic E-state index is 5.81. The lowest BCUT2D eigenvalue weighted by Crippen LogP contribution is -2.48. The lowest BCUT2D eigenvalue weighted by atomic mass is 9.48. The van der Waals surface area contributed by atoms with Crippen molar-refractivity contribution in [2.75, 3.05) is 6.54 Å². The van der Waals surface area contributed by atoms with Crippen molar-refractivity contribution in [1.82, 2.24) is 9.97 Å². The molecular weight excluding hydrogens is 366 g/mol. The molecule has 4 fully saturated rings. The van der Waals surface area contributed by atoms with Gasteiger partial charge in [0.2, 0.25) is 0 Å². The summed E-state index contributed by atoms with van der Waals surface area (Å²) >= 11 is 0. The minimum atomic E-state index is 0.448. The minimum Gasteiger partial charge on any atom is -0.354 e. The first-order valence-electron chi connectivity index (χ1n) is 12.0. The number of pyridine rings is 1. The van der Waals surface area contributed by atoms with Crippen LogP contribution in [0.15, 0.2) is 42.7 Å². The Balaban J connectivity index is 1.45. The third kappa shape index (κ3) is 3.01. The maximum Gasteiger partial charge on any atom is 0.0512 e. The number of aromatic amines is 1. The smallest absolute Gasteiger partial charge is 0.0512 e. The van der Waals surface area contributed by atoms with Gasteiger partial charge in [0.15, 0.2) is 0 Å². The molecule has 0 atom stereocenters. The zero-order valence-electron chi connectivity index (χ0n) is 17.9. The van der Waals surface area contributed by atoms with Crippen LogP contribution in [0.1, 0.15) is 62.5 Å². The highest BCUT2D eigenvalue weighted by Gasteiger charge is 2.51. The topological polar surface area (TPSA) is 54.7 Å². The number of nitrogens with two attached hydrogens (primary N) is 1. The third-order valence-electron chi connectivity index (χ3n) is 8.39. The highest BCUT2D eigenvalue weighted by atomic mass is 14.7. The fourth-order valence-corrected chi connectivity index (χ4v) is 7.50. The molecule has 3 N–H and O–H groups in total. The van der Waals surface area contributed by atoms with Crippen molar-refractivity contribution >= 4 is 10.9 Å². The highest BCUT2D eigenvalue weighted by molar-refractivity contribution is 5.91. The van der Waals surface area contributed by atoms with Crippen LogP contribution in [0.25, 0.3) is 22.2 Å². The standard InChI is InChI=1S/C27H33N3/c28-8-2-1-5-23-24-13-22(27-14-18-10-19(15-27)12-20(11-18)16-27)6-7-25(24)30-26(23)21-4-3-9-29-17-21/h3-4,6-7,9,13,17-20,30H,1-2,5,8,10-12,14-16,28H2. The van der Waals surface area contributed by atoms with Gasteiger partial charge in [-0.3, -0.25) is 4.98 Å². The molecule has 0 spiro atoms. The Morgan fingerprint density at radius 1 is 1.00 bits per heavy atom. The zero-order chi connectivity index (χ0) is 20.1. The zero-order valence-corrected chi connectivity index (χ0v) is 17.9. The van der Waals surface area contributed by atoms with Gasteiger partial charge in [-0.15, -0.1) is 0 Å². The lowest BCUT2D eigenvalue weighted by Gasteiger charge is -2.57. The number of unbranched alkanes of at least 4 members (excludes halogenated alkanes) is 1. The fraction of sp³-hybridized carbons (Fsp3) is 0.519. The molecule has 3 aromatic rings. The first-order chi connectivity index (χ1) is 14.7. The molecule has 0 unspecified atom stereocenters. The first-order valence-corrected chi connectivity index (χ1v) is 12.0. The average Bonchev–Trinajstić information content (AvgIpc) is 3.12. The molecule has 0 amide bonds. The lowest BCUT2D eigenvalue weighted by molar-refractivity contribution is -0.00513. The van der Waals surface area contributed by atoms with Gasteiger partial charge < -0.3 is 10.7 Å². The quantitative estimate of drug-likeness (QED) is 0.501. The molecule has 1 aromatic carbocycles.